The predicted octanol–water partition coefficient (Wildman–Crippen LogP) is 11.9. The molecule has 12 rings (SSSR count). The number of fused-ring (bicyclic) bond motifs is 12. The second kappa shape index (κ2) is 10.6. The van der Waals surface area contributed by atoms with Crippen molar-refractivity contribution in [2.75, 3.05) is 0 Å². The van der Waals surface area contributed by atoms with E-state index in [4.69, 9.17) is 8.83 Å². The molecular formula is C47H32N4O2. The molecule has 0 fully saturated rings. The average Bonchev–Trinajstić information content (AvgIpc) is 3.95. The van der Waals surface area contributed by atoms with Gasteiger partial charge in [0, 0.05) is 85.2 Å². The van der Waals surface area contributed by atoms with Crippen LogP contribution >= 0.6 is 0 Å². The molecule has 0 saturated heterocycles. The molecule has 10 aromatic rings. The van der Waals surface area contributed by atoms with E-state index < -0.39 is 0 Å². The Labute approximate surface area is 303 Å². The van der Waals surface area contributed by atoms with Gasteiger partial charge in [-0.15, -0.1) is 0 Å². The van der Waals surface area contributed by atoms with E-state index in [1.165, 1.54) is 38.5 Å². The summed E-state index contributed by atoms with van der Waals surface area (Å²) in [6.45, 7) is 3.18. The van der Waals surface area contributed by atoms with Crippen LogP contribution in [0.15, 0.2) is 143 Å². The van der Waals surface area contributed by atoms with E-state index in [0.717, 1.165) is 73.1 Å². The monoisotopic (exact) mass is 684 g/mol. The Morgan fingerprint density at radius 3 is 2.25 bits per heavy atom. The highest BCUT2D eigenvalue weighted by Gasteiger charge is 2.32. The number of allylic oxidation sites excluding steroid dienone is 1. The molecule has 53 heavy (non-hydrogen) atoms. The van der Waals surface area contributed by atoms with Crippen LogP contribution in [0.2, 0.25) is 0 Å². The summed E-state index contributed by atoms with van der Waals surface area (Å²) in [6.07, 6.45) is 12.6. The van der Waals surface area contributed by atoms with Crippen molar-refractivity contribution in [1.29, 1.82) is 0 Å². The number of furan rings is 2. The van der Waals surface area contributed by atoms with Crippen molar-refractivity contribution >= 4 is 77.8 Å². The highest BCUT2D eigenvalue weighted by atomic mass is 16.3. The number of benzene rings is 5. The van der Waals surface area contributed by atoms with Crippen LogP contribution in [-0.2, 0) is 6.54 Å². The second-order valence-corrected chi connectivity index (χ2v) is 14.4. The van der Waals surface area contributed by atoms with Crippen molar-refractivity contribution in [3.63, 3.8) is 0 Å². The summed E-state index contributed by atoms with van der Waals surface area (Å²) in [6, 6.07) is 39.3. The summed E-state index contributed by atoms with van der Waals surface area (Å²) >= 11 is 0. The number of hydrogen-bond acceptors (Lipinski definition) is 4. The Bertz CT molecular complexity index is 3170. The van der Waals surface area contributed by atoms with Gasteiger partial charge in [-0.05, 0) is 90.1 Å². The smallest absolute Gasteiger partial charge is 0.135 e. The first-order chi connectivity index (χ1) is 26.2. The van der Waals surface area contributed by atoms with E-state index >= 15 is 0 Å². The molecule has 1 aliphatic heterocycles. The largest absolute Gasteiger partial charge is 0.456 e. The molecule has 2 atom stereocenters. The fourth-order valence-corrected chi connectivity index (χ4v) is 9.26. The topological polar surface area (TPSA) is 61.1 Å². The van der Waals surface area contributed by atoms with Gasteiger partial charge in [-0.1, -0.05) is 61.5 Å². The molecule has 0 saturated carbocycles. The standard InChI is InChI=1S/C47H32N4O2/c1-27-38(51-40-9-5-3-7-32(40)37-26-49-21-19-42(37)51)13-17-46-47(27)35-23-29(11-15-45(35)53-46)28-10-14-43-33(22-28)34-24-30(12-16-44(34)52-43)50-39-8-4-2-6-31(39)36-25-48-20-18-41(36)50/h2-25,27,38,49H,26H2,1H3. The summed E-state index contributed by atoms with van der Waals surface area (Å²) in [5.41, 5.74) is 13.5. The lowest BCUT2D eigenvalue weighted by molar-refractivity contribution is 0.504. The molecule has 2 aliphatic rings. The maximum Gasteiger partial charge on any atom is 0.135 e. The van der Waals surface area contributed by atoms with E-state index in [1.807, 2.05) is 12.4 Å². The third-order valence-corrected chi connectivity index (χ3v) is 11.7. The fourth-order valence-electron chi connectivity index (χ4n) is 9.26. The van der Waals surface area contributed by atoms with Crippen molar-refractivity contribution in [2.24, 2.45) is 0 Å². The predicted molar refractivity (Wildman–Crippen MR) is 215 cm³/mol. The molecule has 2 unspecified atom stereocenters. The molecule has 0 bridgehead atoms. The zero-order valence-corrected chi connectivity index (χ0v) is 28.9. The fraction of sp³-hybridized carbons (Fsp3) is 0.0851. The van der Waals surface area contributed by atoms with E-state index in [-0.39, 0.29) is 12.0 Å². The Balaban J connectivity index is 0.979. The van der Waals surface area contributed by atoms with Crippen LogP contribution < -0.4 is 5.32 Å². The SMILES string of the molecule is CC1c2c(oc3ccc(-c4ccc5oc6ccc(-n7c8ccccc8c8cnccc87)cc6c5c4)cc23)C=CC1n1c2c(c3ccccc31)CNC=C2. The summed E-state index contributed by atoms with van der Waals surface area (Å²) in [5.74, 6) is 1.15. The van der Waals surface area contributed by atoms with Crippen LogP contribution in [0.3, 0.4) is 0 Å². The molecule has 6 nitrogen and oxygen atoms in total. The average molecular weight is 685 g/mol. The lowest BCUT2D eigenvalue weighted by Gasteiger charge is -2.29. The molecule has 1 N–H and O–H groups in total. The number of hydrogen-bond donors (Lipinski definition) is 1. The van der Waals surface area contributed by atoms with Crippen LogP contribution in [0, 0.1) is 0 Å². The van der Waals surface area contributed by atoms with Crippen molar-refractivity contribution < 1.29 is 8.83 Å². The van der Waals surface area contributed by atoms with Crippen molar-refractivity contribution in [3.8, 4) is 16.8 Å². The van der Waals surface area contributed by atoms with Crippen LogP contribution in [0.25, 0.3) is 94.6 Å². The van der Waals surface area contributed by atoms with E-state index in [1.54, 1.807) is 0 Å². The Hall–Kier alpha value is -6.79. The number of para-hydroxylation sites is 2. The van der Waals surface area contributed by atoms with Gasteiger partial charge in [-0.25, -0.2) is 0 Å². The minimum atomic E-state index is 0.150. The quantitative estimate of drug-likeness (QED) is 0.201. The zero-order chi connectivity index (χ0) is 34.8. The van der Waals surface area contributed by atoms with Crippen LogP contribution in [0.1, 0.15) is 41.5 Å². The van der Waals surface area contributed by atoms with E-state index in [0.29, 0.717) is 0 Å². The number of aromatic nitrogens is 3. The Morgan fingerprint density at radius 1 is 0.660 bits per heavy atom. The van der Waals surface area contributed by atoms with Crippen molar-refractivity contribution in [3.05, 3.63) is 156 Å². The Morgan fingerprint density at radius 2 is 1.38 bits per heavy atom. The van der Waals surface area contributed by atoms with Crippen LogP contribution in [-0.4, -0.2) is 14.1 Å². The van der Waals surface area contributed by atoms with Gasteiger partial charge in [0.1, 0.15) is 22.5 Å². The Kier molecular flexibility index (Phi) is 5.78. The van der Waals surface area contributed by atoms with E-state index in [2.05, 4.69) is 160 Å². The van der Waals surface area contributed by atoms with Crippen molar-refractivity contribution in [2.45, 2.75) is 25.4 Å². The molecule has 0 radical (unpaired) electrons. The third kappa shape index (κ3) is 4.00. The molecule has 0 amide bonds. The van der Waals surface area contributed by atoms with Crippen molar-refractivity contribution in [1.82, 2.24) is 19.4 Å². The molecular weight excluding hydrogens is 653 g/mol. The molecule has 6 heterocycles. The zero-order valence-electron chi connectivity index (χ0n) is 28.9. The maximum atomic E-state index is 6.50. The number of nitrogens with one attached hydrogen (secondary N) is 1. The number of nitrogens with zero attached hydrogens (tertiary/aromatic N) is 3. The van der Waals surface area contributed by atoms with Gasteiger partial charge in [0.25, 0.3) is 0 Å². The van der Waals surface area contributed by atoms with Gasteiger partial charge < -0.3 is 23.3 Å². The summed E-state index contributed by atoms with van der Waals surface area (Å²) in [4.78, 5) is 4.43. The first-order valence-electron chi connectivity index (χ1n) is 18.3. The highest BCUT2D eigenvalue weighted by molar-refractivity contribution is 6.11. The first-order valence-corrected chi connectivity index (χ1v) is 18.3. The second-order valence-electron chi connectivity index (χ2n) is 14.4. The van der Waals surface area contributed by atoms with Gasteiger partial charge in [-0.2, -0.15) is 0 Å². The molecule has 5 aromatic heterocycles. The minimum Gasteiger partial charge on any atom is -0.456 e. The molecule has 6 heteroatoms. The first kappa shape index (κ1) is 28.9. The van der Waals surface area contributed by atoms with Gasteiger partial charge in [0.2, 0.25) is 0 Å². The lowest BCUT2D eigenvalue weighted by atomic mass is 9.85. The van der Waals surface area contributed by atoms with E-state index in [9.17, 15) is 0 Å². The minimum absolute atomic E-state index is 0.150. The summed E-state index contributed by atoms with van der Waals surface area (Å²) < 4.78 is 17.8. The van der Waals surface area contributed by atoms with Gasteiger partial charge in [0.05, 0.1) is 17.1 Å². The van der Waals surface area contributed by atoms with Crippen LogP contribution in [0.5, 0.6) is 0 Å². The number of rotatable bonds is 3. The molecule has 252 valence electrons. The molecule has 0 spiro atoms. The summed E-state index contributed by atoms with van der Waals surface area (Å²) in [5, 5.41) is 10.4. The molecule has 1 aliphatic carbocycles. The lowest BCUT2D eigenvalue weighted by Crippen LogP contribution is -2.19. The highest BCUT2D eigenvalue weighted by Crippen LogP contribution is 2.46. The normalized spacial score (nSPS) is 16.7. The molecule has 5 aromatic carbocycles. The van der Waals surface area contributed by atoms with Gasteiger partial charge in [0.15, 0.2) is 0 Å². The maximum absolute atomic E-state index is 6.50. The van der Waals surface area contributed by atoms with Crippen LogP contribution in [0.4, 0.5) is 0 Å². The third-order valence-electron chi connectivity index (χ3n) is 11.7. The summed E-state index contributed by atoms with van der Waals surface area (Å²) in [7, 11) is 0. The number of pyridine rings is 1. The van der Waals surface area contributed by atoms with Gasteiger partial charge in [-0.3, -0.25) is 4.98 Å². The van der Waals surface area contributed by atoms with Gasteiger partial charge >= 0.3 is 0 Å².